The Labute approximate surface area is 177 Å². The van der Waals surface area contributed by atoms with Gasteiger partial charge in [-0.2, -0.15) is 0 Å². The van der Waals surface area contributed by atoms with Crippen LogP contribution in [0.2, 0.25) is 0 Å². The van der Waals surface area contributed by atoms with Gasteiger partial charge in [-0.15, -0.1) is 10.2 Å². The van der Waals surface area contributed by atoms with E-state index in [1.165, 1.54) is 17.8 Å². The Morgan fingerprint density at radius 3 is 2.60 bits per heavy atom. The monoisotopic (exact) mass is 425 g/mol. The Bertz CT molecular complexity index is 1070. The summed E-state index contributed by atoms with van der Waals surface area (Å²) in [5.41, 5.74) is 1.35. The van der Waals surface area contributed by atoms with Gasteiger partial charge in [0, 0.05) is 17.0 Å². The fourth-order valence-corrected chi connectivity index (χ4v) is 3.74. The molecule has 4 rings (SSSR count). The van der Waals surface area contributed by atoms with Crippen LogP contribution in [0.5, 0.6) is 0 Å². The van der Waals surface area contributed by atoms with Gasteiger partial charge in [-0.25, -0.2) is 4.39 Å². The zero-order chi connectivity index (χ0) is 20.8. The maximum atomic E-state index is 13.6. The molecule has 0 aliphatic carbocycles. The minimum Gasteiger partial charge on any atom is -0.461 e. The number of aliphatic hydroxyl groups excluding tert-OH is 1. The highest BCUT2D eigenvalue weighted by atomic mass is 32.2. The molecule has 8 heteroatoms. The number of benzene rings is 2. The first kappa shape index (κ1) is 20.3. The summed E-state index contributed by atoms with van der Waals surface area (Å²) >= 11 is 1.36. The van der Waals surface area contributed by atoms with Crippen molar-refractivity contribution in [2.75, 3.05) is 12.4 Å². The summed E-state index contributed by atoms with van der Waals surface area (Å²) < 4.78 is 26.5. The average Bonchev–Trinajstić information content (AvgIpc) is 3.44. The van der Waals surface area contributed by atoms with Crippen LogP contribution in [0, 0.1) is 5.82 Å². The molecule has 1 N–H and O–H groups in total. The van der Waals surface area contributed by atoms with E-state index >= 15 is 0 Å². The summed E-state index contributed by atoms with van der Waals surface area (Å²) in [5, 5.41) is 19.5. The number of thioether (sulfide) groups is 1. The van der Waals surface area contributed by atoms with E-state index in [4.69, 9.17) is 9.15 Å². The molecule has 0 fully saturated rings. The molecule has 0 aliphatic rings. The van der Waals surface area contributed by atoms with Crippen LogP contribution in [0.4, 0.5) is 4.39 Å². The van der Waals surface area contributed by atoms with E-state index in [1.807, 2.05) is 41.0 Å². The number of hydrogen-bond donors (Lipinski definition) is 1. The largest absolute Gasteiger partial charge is 0.461 e. The lowest BCUT2D eigenvalue weighted by Crippen LogP contribution is -2.18. The molecule has 0 amide bonds. The predicted octanol–water partition coefficient (Wildman–Crippen LogP) is 4.34. The van der Waals surface area contributed by atoms with Crippen molar-refractivity contribution in [2.24, 2.45) is 0 Å². The Hall–Kier alpha value is -2.94. The molecule has 0 bridgehead atoms. The summed E-state index contributed by atoms with van der Waals surface area (Å²) in [5.74, 6) is 1.22. The Morgan fingerprint density at radius 2 is 1.83 bits per heavy atom. The number of nitrogens with zero attached hydrogens (tertiary/aromatic N) is 3. The molecule has 6 nitrogen and oxygen atoms in total. The van der Waals surface area contributed by atoms with Crippen LogP contribution in [0.15, 0.2) is 82.6 Å². The molecule has 0 saturated carbocycles. The van der Waals surface area contributed by atoms with Crippen LogP contribution in [0.25, 0.3) is 17.3 Å². The van der Waals surface area contributed by atoms with Crippen molar-refractivity contribution in [2.45, 2.75) is 17.9 Å². The second-order valence-electron chi connectivity index (χ2n) is 6.53. The number of aliphatic hydroxyl groups is 1. The highest BCUT2D eigenvalue weighted by molar-refractivity contribution is 7.99. The van der Waals surface area contributed by atoms with E-state index in [9.17, 15) is 9.50 Å². The number of para-hydroxylation sites is 1. The van der Waals surface area contributed by atoms with E-state index < -0.39 is 6.10 Å². The second-order valence-corrected chi connectivity index (χ2v) is 7.51. The van der Waals surface area contributed by atoms with Crippen molar-refractivity contribution in [3.05, 3.63) is 84.4 Å². The van der Waals surface area contributed by atoms with Crippen molar-refractivity contribution in [1.82, 2.24) is 14.8 Å². The fourth-order valence-electron chi connectivity index (χ4n) is 2.88. The van der Waals surface area contributed by atoms with E-state index in [-0.39, 0.29) is 19.0 Å². The molecular formula is C22H20FN3O3S. The quantitative estimate of drug-likeness (QED) is 0.402. The van der Waals surface area contributed by atoms with Gasteiger partial charge >= 0.3 is 0 Å². The average molecular weight is 425 g/mol. The van der Waals surface area contributed by atoms with Crippen molar-refractivity contribution in [1.29, 1.82) is 0 Å². The molecule has 2 aromatic carbocycles. The molecule has 0 spiro atoms. The maximum absolute atomic E-state index is 13.6. The minimum atomic E-state index is -0.741. The van der Waals surface area contributed by atoms with Crippen LogP contribution in [-0.2, 0) is 11.3 Å². The molecule has 0 saturated heterocycles. The molecule has 30 heavy (non-hydrogen) atoms. The first-order valence-corrected chi connectivity index (χ1v) is 10.4. The van der Waals surface area contributed by atoms with Crippen molar-refractivity contribution < 1.29 is 18.7 Å². The van der Waals surface area contributed by atoms with Gasteiger partial charge in [0.2, 0.25) is 5.82 Å². The highest BCUT2D eigenvalue weighted by Gasteiger charge is 2.19. The molecule has 1 atom stereocenters. The Kier molecular flexibility index (Phi) is 6.58. The van der Waals surface area contributed by atoms with Crippen LogP contribution < -0.4 is 0 Å². The van der Waals surface area contributed by atoms with Crippen molar-refractivity contribution >= 4 is 11.8 Å². The number of hydrogen-bond acceptors (Lipinski definition) is 6. The molecule has 2 heterocycles. The Morgan fingerprint density at radius 1 is 1.03 bits per heavy atom. The predicted molar refractivity (Wildman–Crippen MR) is 112 cm³/mol. The van der Waals surface area contributed by atoms with Crippen LogP contribution in [-0.4, -0.2) is 38.3 Å². The number of furan rings is 1. The van der Waals surface area contributed by atoms with Gasteiger partial charge in [0.25, 0.3) is 0 Å². The lowest BCUT2D eigenvalue weighted by molar-refractivity contribution is 0.0386. The summed E-state index contributed by atoms with van der Waals surface area (Å²) in [6.45, 7) is 0.198. The standard InChI is InChI=1S/C22H20FN3O3S/c23-19-10-5-4-7-16(19)13-28-14-18(27)15-30-22-25-24-21(20-11-6-12-29-20)26(22)17-8-2-1-3-9-17/h1-12,18,27H,13-15H2. The number of halogens is 1. The molecular weight excluding hydrogens is 405 g/mol. The summed E-state index contributed by atoms with van der Waals surface area (Å²) in [6, 6.07) is 19.7. The first-order chi connectivity index (χ1) is 14.7. The molecule has 0 radical (unpaired) electrons. The van der Waals surface area contributed by atoms with Gasteiger partial charge in [0.05, 0.1) is 25.6 Å². The van der Waals surface area contributed by atoms with Gasteiger partial charge in [0.15, 0.2) is 10.9 Å². The third-order valence-electron chi connectivity index (χ3n) is 4.32. The molecule has 0 aliphatic heterocycles. The molecule has 2 aromatic heterocycles. The summed E-state index contributed by atoms with van der Waals surface area (Å²) in [6.07, 6.45) is 0.845. The first-order valence-electron chi connectivity index (χ1n) is 9.39. The zero-order valence-corrected chi connectivity index (χ0v) is 16.8. The van der Waals surface area contributed by atoms with Crippen molar-refractivity contribution in [3.63, 3.8) is 0 Å². The number of rotatable bonds is 9. The third kappa shape index (κ3) is 4.79. The van der Waals surface area contributed by atoms with E-state index in [0.717, 1.165) is 5.69 Å². The van der Waals surface area contributed by atoms with Crippen LogP contribution in [0.1, 0.15) is 5.56 Å². The lowest BCUT2D eigenvalue weighted by Gasteiger charge is -2.12. The van der Waals surface area contributed by atoms with E-state index in [0.29, 0.717) is 28.1 Å². The maximum Gasteiger partial charge on any atom is 0.205 e. The lowest BCUT2D eigenvalue weighted by atomic mass is 10.2. The smallest absolute Gasteiger partial charge is 0.205 e. The van der Waals surface area contributed by atoms with Gasteiger partial charge in [-0.3, -0.25) is 4.57 Å². The van der Waals surface area contributed by atoms with E-state index in [2.05, 4.69) is 10.2 Å². The number of ether oxygens (including phenoxy) is 1. The third-order valence-corrected chi connectivity index (χ3v) is 5.39. The van der Waals surface area contributed by atoms with Gasteiger partial charge in [-0.1, -0.05) is 48.2 Å². The summed E-state index contributed by atoms with van der Waals surface area (Å²) in [7, 11) is 0. The molecule has 1 unspecified atom stereocenters. The Balaban J connectivity index is 1.41. The zero-order valence-electron chi connectivity index (χ0n) is 16.0. The fraction of sp³-hybridized carbons (Fsp3) is 0.182. The highest BCUT2D eigenvalue weighted by Crippen LogP contribution is 2.28. The topological polar surface area (TPSA) is 73.3 Å². The summed E-state index contributed by atoms with van der Waals surface area (Å²) in [4.78, 5) is 0. The second kappa shape index (κ2) is 9.71. The van der Waals surface area contributed by atoms with Crippen LogP contribution in [0.3, 0.4) is 0 Å². The van der Waals surface area contributed by atoms with Crippen molar-refractivity contribution in [3.8, 4) is 17.3 Å². The van der Waals surface area contributed by atoms with Gasteiger partial charge in [-0.05, 0) is 30.3 Å². The van der Waals surface area contributed by atoms with Crippen LogP contribution >= 0.6 is 11.8 Å². The normalized spacial score (nSPS) is 12.2. The molecule has 154 valence electrons. The molecule has 4 aromatic rings. The van der Waals surface area contributed by atoms with E-state index in [1.54, 1.807) is 30.5 Å². The number of aromatic nitrogens is 3. The SMILES string of the molecule is OC(COCc1ccccc1F)CSc1nnc(-c2ccco2)n1-c1ccccc1. The van der Waals surface area contributed by atoms with Gasteiger partial charge in [0.1, 0.15) is 5.82 Å². The van der Waals surface area contributed by atoms with Gasteiger partial charge < -0.3 is 14.3 Å². The minimum absolute atomic E-state index is 0.0891.